The van der Waals surface area contributed by atoms with Gasteiger partial charge in [-0.25, -0.2) is 0 Å². The molecule has 0 aromatic heterocycles. The fourth-order valence-corrected chi connectivity index (χ4v) is 1.93. The minimum absolute atomic E-state index is 0.0769. The molecule has 0 heterocycles. The Morgan fingerprint density at radius 3 is 2.67 bits per heavy atom. The van der Waals surface area contributed by atoms with Crippen LogP contribution in [0.1, 0.15) is 24.8 Å². The van der Waals surface area contributed by atoms with Gasteiger partial charge >= 0.3 is 5.97 Å². The monoisotopic (exact) mass is 247 g/mol. The van der Waals surface area contributed by atoms with E-state index in [2.05, 4.69) is 25.6 Å². The Labute approximate surface area is 109 Å². The number of benzene rings is 1. The summed E-state index contributed by atoms with van der Waals surface area (Å²) in [6.07, 6.45) is 2.70. The van der Waals surface area contributed by atoms with Crippen LogP contribution in [-0.4, -0.2) is 35.6 Å². The van der Waals surface area contributed by atoms with Crippen LogP contribution in [0.3, 0.4) is 0 Å². The molecule has 1 rings (SSSR count). The first-order valence-electron chi connectivity index (χ1n) is 6.23. The molecule has 1 unspecified atom stereocenters. The van der Waals surface area contributed by atoms with Gasteiger partial charge in [-0.15, -0.1) is 6.58 Å². The van der Waals surface area contributed by atoms with Crippen molar-refractivity contribution in [1.82, 2.24) is 4.90 Å². The molecule has 0 saturated carbocycles. The number of rotatable bonds is 8. The maximum atomic E-state index is 10.7. The van der Waals surface area contributed by atoms with Crippen LogP contribution in [0.2, 0.25) is 0 Å². The van der Waals surface area contributed by atoms with Gasteiger partial charge in [-0.1, -0.05) is 43.3 Å². The Morgan fingerprint density at radius 2 is 2.11 bits per heavy atom. The summed E-state index contributed by atoms with van der Waals surface area (Å²) in [6, 6.07) is 10.3. The molecule has 0 radical (unpaired) electrons. The molecule has 1 atom stereocenters. The van der Waals surface area contributed by atoms with E-state index in [1.165, 1.54) is 5.56 Å². The quantitative estimate of drug-likeness (QED) is 0.718. The van der Waals surface area contributed by atoms with Gasteiger partial charge in [0.25, 0.3) is 0 Å². The molecule has 0 aliphatic carbocycles. The molecule has 0 aliphatic rings. The molecule has 0 spiro atoms. The SMILES string of the molecule is C=CCN(CCC(C)c1ccccc1)CC(=O)O. The van der Waals surface area contributed by atoms with Crippen LogP contribution in [0, 0.1) is 0 Å². The predicted molar refractivity (Wildman–Crippen MR) is 73.7 cm³/mol. The Morgan fingerprint density at radius 1 is 1.44 bits per heavy atom. The zero-order valence-electron chi connectivity index (χ0n) is 10.9. The third kappa shape index (κ3) is 5.15. The van der Waals surface area contributed by atoms with Gasteiger partial charge < -0.3 is 5.11 Å². The van der Waals surface area contributed by atoms with Crippen molar-refractivity contribution in [3.05, 3.63) is 48.6 Å². The van der Waals surface area contributed by atoms with Gasteiger partial charge in [-0.05, 0) is 24.4 Å². The molecule has 0 amide bonds. The van der Waals surface area contributed by atoms with Crippen molar-refractivity contribution < 1.29 is 9.90 Å². The van der Waals surface area contributed by atoms with Crippen LogP contribution in [0.4, 0.5) is 0 Å². The van der Waals surface area contributed by atoms with Crippen LogP contribution in [0.5, 0.6) is 0 Å². The van der Waals surface area contributed by atoms with E-state index in [1.54, 1.807) is 6.08 Å². The summed E-state index contributed by atoms with van der Waals surface area (Å²) in [5.74, 6) is -0.350. The standard InChI is InChI=1S/C15H21NO2/c1-3-10-16(12-15(17)18)11-9-13(2)14-7-5-4-6-8-14/h3-8,13H,1,9-12H2,2H3,(H,17,18). The molecule has 98 valence electrons. The van der Waals surface area contributed by atoms with Crippen LogP contribution in [0.15, 0.2) is 43.0 Å². The summed E-state index contributed by atoms with van der Waals surface area (Å²) >= 11 is 0. The van der Waals surface area contributed by atoms with Gasteiger partial charge in [0, 0.05) is 6.54 Å². The Bertz CT molecular complexity index is 375. The summed E-state index contributed by atoms with van der Waals surface area (Å²) in [7, 11) is 0. The fourth-order valence-electron chi connectivity index (χ4n) is 1.93. The lowest BCUT2D eigenvalue weighted by atomic mass is 9.98. The van der Waals surface area contributed by atoms with Gasteiger partial charge in [0.05, 0.1) is 6.54 Å². The summed E-state index contributed by atoms with van der Waals surface area (Å²) in [4.78, 5) is 12.6. The van der Waals surface area contributed by atoms with Crippen LogP contribution in [0.25, 0.3) is 0 Å². The average Bonchev–Trinajstić information content (AvgIpc) is 2.36. The van der Waals surface area contributed by atoms with Crippen molar-refractivity contribution in [3.8, 4) is 0 Å². The fraction of sp³-hybridized carbons (Fsp3) is 0.400. The highest BCUT2D eigenvalue weighted by molar-refractivity contribution is 5.69. The summed E-state index contributed by atoms with van der Waals surface area (Å²) in [5, 5.41) is 8.82. The predicted octanol–water partition coefficient (Wildman–Crippen LogP) is 2.75. The van der Waals surface area contributed by atoms with E-state index >= 15 is 0 Å². The zero-order chi connectivity index (χ0) is 13.4. The average molecular weight is 247 g/mol. The Kier molecular flexibility index (Phi) is 6.15. The van der Waals surface area contributed by atoms with E-state index in [1.807, 2.05) is 23.1 Å². The lowest BCUT2D eigenvalue weighted by Gasteiger charge is -2.20. The molecule has 3 heteroatoms. The van der Waals surface area contributed by atoms with Gasteiger partial charge in [0.15, 0.2) is 0 Å². The van der Waals surface area contributed by atoms with Gasteiger partial charge in [-0.2, -0.15) is 0 Å². The van der Waals surface area contributed by atoms with Gasteiger partial charge in [0.1, 0.15) is 0 Å². The van der Waals surface area contributed by atoms with Crippen LogP contribution < -0.4 is 0 Å². The van der Waals surface area contributed by atoms with Crippen molar-refractivity contribution >= 4 is 5.97 Å². The van der Waals surface area contributed by atoms with E-state index in [4.69, 9.17) is 5.11 Å². The minimum atomic E-state index is -0.788. The van der Waals surface area contributed by atoms with Gasteiger partial charge in [-0.3, -0.25) is 9.69 Å². The minimum Gasteiger partial charge on any atom is -0.480 e. The topological polar surface area (TPSA) is 40.5 Å². The lowest BCUT2D eigenvalue weighted by Crippen LogP contribution is -2.31. The molecule has 1 aromatic carbocycles. The number of carbonyl (C=O) groups is 1. The third-order valence-corrected chi connectivity index (χ3v) is 2.99. The van der Waals surface area contributed by atoms with E-state index in [0.717, 1.165) is 13.0 Å². The van der Waals surface area contributed by atoms with Crippen LogP contribution in [-0.2, 0) is 4.79 Å². The van der Waals surface area contributed by atoms with Crippen molar-refractivity contribution in [1.29, 1.82) is 0 Å². The van der Waals surface area contributed by atoms with Gasteiger partial charge in [0.2, 0.25) is 0 Å². The maximum absolute atomic E-state index is 10.7. The smallest absolute Gasteiger partial charge is 0.317 e. The second-order valence-electron chi connectivity index (χ2n) is 4.52. The molecule has 3 nitrogen and oxygen atoms in total. The molecule has 0 saturated heterocycles. The normalized spacial score (nSPS) is 12.3. The zero-order valence-corrected chi connectivity index (χ0v) is 10.9. The molecule has 18 heavy (non-hydrogen) atoms. The summed E-state index contributed by atoms with van der Waals surface area (Å²) < 4.78 is 0. The highest BCUT2D eigenvalue weighted by atomic mass is 16.4. The highest BCUT2D eigenvalue weighted by Crippen LogP contribution is 2.18. The van der Waals surface area contributed by atoms with Crippen LogP contribution >= 0.6 is 0 Å². The number of carboxylic acids is 1. The number of carboxylic acid groups (broad SMARTS) is 1. The van der Waals surface area contributed by atoms with Crippen molar-refractivity contribution in [3.63, 3.8) is 0 Å². The van der Waals surface area contributed by atoms with Crippen molar-refractivity contribution in [2.45, 2.75) is 19.3 Å². The number of aliphatic carboxylic acids is 1. The first-order chi connectivity index (χ1) is 8.63. The van der Waals surface area contributed by atoms with E-state index in [9.17, 15) is 4.79 Å². The summed E-state index contributed by atoms with van der Waals surface area (Å²) in [6.45, 7) is 7.30. The number of hydrogen-bond acceptors (Lipinski definition) is 2. The molecule has 0 bridgehead atoms. The van der Waals surface area contributed by atoms with E-state index < -0.39 is 5.97 Å². The number of hydrogen-bond donors (Lipinski definition) is 1. The first kappa shape index (κ1) is 14.5. The summed E-state index contributed by atoms with van der Waals surface area (Å²) in [5.41, 5.74) is 1.30. The highest BCUT2D eigenvalue weighted by Gasteiger charge is 2.11. The first-order valence-corrected chi connectivity index (χ1v) is 6.23. The molecule has 0 aliphatic heterocycles. The third-order valence-electron chi connectivity index (χ3n) is 2.99. The molecule has 1 aromatic rings. The van der Waals surface area contributed by atoms with E-state index in [0.29, 0.717) is 12.5 Å². The molecule has 1 N–H and O–H groups in total. The molecule has 0 fully saturated rings. The lowest BCUT2D eigenvalue weighted by molar-refractivity contribution is -0.138. The molecular weight excluding hydrogens is 226 g/mol. The maximum Gasteiger partial charge on any atom is 0.317 e. The van der Waals surface area contributed by atoms with E-state index in [-0.39, 0.29) is 6.54 Å². The Hall–Kier alpha value is -1.61. The largest absolute Gasteiger partial charge is 0.480 e. The van der Waals surface area contributed by atoms with Crippen molar-refractivity contribution in [2.24, 2.45) is 0 Å². The Balaban J connectivity index is 2.46. The molecular formula is C15H21NO2. The van der Waals surface area contributed by atoms with Crippen molar-refractivity contribution in [2.75, 3.05) is 19.6 Å². The second-order valence-corrected chi connectivity index (χ2v) is 4.52. The number of nitrogens with zero attached hydrogens (tertiary/aromatic N) is 1. The second kappa shape index (κ2) is 7.67.